The highest BCUT2D eigenvalue weighted by atomic mass is 16.5. The first kappa shape index (κ1) is 18.5. The molecule has 134 valence electrons. The lowest BCUT2D eigenvalue weighted by Crippen LogP contribution is -2.28. The van der Waals surface area contributed by atoms with Crippen LogP contribution in [0.15, 0.2) is 12.4 Å². The van der Waals surface area contributed by atoms with Crippen LogP contribution in [0.4, 0.5) is 5.82 Å². The molecule has 7 heteroatoms. The van der Waals surface area contributed by atoms with Gasteiger partial charge in [0, 0.05) is 13.4 Å². The molecule has 1 aliphatic heterocycles. The zero-order chi connectivity index (χ0) is 17.6. The van der Waals surface area contributed by atoms with Gasteiger partial charge in [-0.1, -0.05) is 20.8 Å². The number of Topliss-reactive ketones (excluding diaryl/α,β-unsaturated/α-hetero) is 1. The standard InChI is InChI=1S/C17H25N3O4.H2/c1-17(2,3)16(22)20-15-9-18-13(8-19-15)14(21)11-24-12-6-4-5-7-23-10-12;/h8-9,12H,4-7,10-11H2,1-3H3,(H,19,20,22);1H. The van der Waals surface area contributed by atoms with Gasteiger partial charge in [0.1, 0.15) is 12.3 Å². The molecule has 1 amide bonds. The predicted octanol–water partition coefficient (Wildman–Crippen LogP) is 2.48. The number of aromatic nitrogens is 2. The normalized spacial score (nSPS) is 18.7. The molecule has 0 bridgehead atoms. The topological polar surface area (TPSA) is 90.4 Å². The second-order valence-electron chi connectivity index (χ2n) is 6.92. The van der Waals surface area contributed by atoms with Crippen LogP contribution in [0.5, 0.6) is 0 Å². The Bertz CT molecular complexity index is 564. The summed E-state index contributed by atoms with van der Waals surface area (Å²) in [6.07, 6.45) is 5.66. The maximum Gasteiger partial charge on any atom is 0.230 e. The van der Waals surface area contributed by atoms with E-state index in [0.29, 0.717) is 12.4 Å². The molecule has 24 heavy (non-hydrogen) atoms. The minimum Gasteiger partial charge on any atom is -0.379 e. The summed E-state index contributed by atoms with van der Waals surface area (Å²) in [5.74, 6) is -0.0717. The Hall–Kier alpha value is -1.86. The van der Waals surface area contributed by atoms with Crippen LogP contribution in [0.25, 0.3) is 0 Å². The molecule has 2 heterocycles. The molecule has 0 spiro atoms. The first-order valence-electron chi connectivity index (χ1n) is 8.22. The van der Waals surface area contributed by atoms with Crippen LogP contribution < -0.4 is 5.32 Å². The van der Waals surface area contributed by atoms with E-state index in [4.69, 9.17) is 9.47 Å². The van der Waals surface area contributed by atoms with Gasteiger partial charge in [0.2, 0.25) is 11.7 Å². The van der Waals surface area contributed by atoms with E-state index in [1.165, 1.54) is 12.4 Å². The Labute approximate surface area is 143 Å². The van der Waals surface area contributed by atoms with Crippen LogP contribution in [0, 0.1) is 5.41 Å². The zero-order valence-corrected chi connectivity index (χ0v) is 14.5. The lowest BCUT2D eigenvalue weighted by atomic mass is 9.96. The van der Waals surface area contributed by atoms with E-state index < -0.39 is 5.41 Å². The molecule has 1 atom stereocenters. The molecule has 7 nitrogen and oxygen atoms in total. The van der Waals surface area contributed by atoms with Crippen molar-refractivity contribution in [3.8, 4) is 0 Å². The Balaban J connectivity index is 0.00000312. The molecule has 0 radical (unpaired) electrons. The molecular weight excluding hydrogens is 310 g/mol. The number of anilines is 1. The molecule has 1 aromatic heterocycles. The van der Waals surface area contributed by atoms with Gasteiger partial charge < -0.3 is 14.8 Å². The van der Waals surface area contributed by atoms with Gasteiger partial charge in [-0.3, -0.25) is 9.59 Å². The van der Waals surface area contributed by atoms with Crippen molar-refractivity contribution in [2.75, 3.05) is 25.1 Å². The smallest absolute Gasteiger partial charge is 0.230 e. The van der Waals surface area contributed by atoms with E-state index in [1.54, 1.807) is 0 Å². The molecule has 0 aromatic carbocycles. The van der Waals surface area contributed by atoms with E-state index in [0.717, 1.165) is 25.9 Å². The van der Waals surface area contributed by atoms with Crippen LogP contribution in [-0.4, -0.2) is 47.6 Å². The molecule has 1 aliphatic rings. The number of hydrogen-bond donors (Lipinski definition) is 1. The molecule has 1 fully saturated rings. The third-order valence-corrected chi connectivity index (χ3v) is 3.68. The van der Waals surface area contributed by atoms with Crippen molar-refractivity contribution in [1.82, 2.24) is 9.97 Å². The Kier molecular flexibility index (Phi) is 6.39. The number of amides is 1. The van der Waals surface area contributed by atoms with Gasteiger partial charge in [-0.2, -0.15) is 0 Å². The summed E-state index contributed by atoms with van der Waals surface area (Å²) >= 11 is 0. The molecule has 0 saturated carbocycles. The minimum absolute atomic E-state index is 0. The maximum absolute atomic E-state index is 12.1. The highest BCUT2D eigenvalue weighted by Crippen LogP contribution is 2.16. The minimum atomic E-state index is -0.523. The monoisotopic (exact) mass is 337 g/mol. The first-order chi connectivity index (χ1) is 11.4. The molecule has 1 aromatic rings. The summed E-state index contributed by atoms with van der Waals surface area (Å²) < 4.78 is 11.0. The Morgan fingerprint density at radius 2 is 2.12 bits per heavy atom. The summed E-state index contributed by atoms with van der Waals surface area (Å²) in [5.41, 5.74) is -0.302. The summed E-state index contributed by atoms with van der Waals surface area (Å²) in [6.45, 7) is 6.65. The number of rotatable bonds is 5. The van der Waals surface area contributed by atoms with Crippen molar-refractivity contribution in [2.24, 2.45) is 5.41 Å². The van der Waals surface area contributed by atoms with Gasteiger partial charge in [-0.15, -0.1) is 0 Å². The second-order valence-corrected chi connectivity index (χ2v) is 6.92. The fraction of sp³-hybridized carbons (Fsp3) is 0.647. The van der Waals surface area contributed by atoms with Crippen LogP contribution >= 0.6 is 0 Å². The Morgan fingerprint density at radius 1 is 1.33 bits per heavy atom. The summed E-state index contributed by atoms with van der Waals surface area (Å²) in [7, 11) is 0. The number of hydrogen-bond acceptors (Lipinski definition) is 6. The van der Waals surface area contributed by atoms with Crippen molar-refractivity contribution >= 4 is 17.5 Å². The van der Waals surface area contributed by atoms with E-state index in [1.807, 2.05) is 20.8 Å². The summed E-state index contributed by atoms with van der Waals surface area (Å²) in [4.78, 5) is 32.1. The first-order valence-corrected chi connectivity index (χ1v) is 8.22. The van der Waals surface area contributed by atoms with Crippen LogP contribution in [-0.2, 0) is 14.3 Å². The molecule has 1 unspecified atom stereocenters. The summed E-state index contributed by atoms with van der Waals surface area (Å²) in [5, 5.41) is 2.67. The number of ketones is 1. The molecule has 1 N–H and O–H groups in total. The third-order valence-electron chi connectivity index (χ3n) is 3.68. The maximum atomic E-state index is 12.1. The third kappa shape index (κ3) is 5.65. The van der Waals surface area contributed by atoms with E-state index in [9.17, 15) is 9.59 Å². The number of nitrogens with one attached hydrogen (secondary N) is 1. The van der Waals surface area contributed by atoms with Crippen molar-refractivity contribution in [1.29, 1.82) is 0 Å². The Morgan fingerprint density at radius 3 is 2.79 bits per heavy atom. The van der Waals surface area contributed by atoms with E-state index >= 15 is 0 Å². The highest BCUT2D eigenvalue weighted by molar-refractivity contribution is 5.96. The predicted molar refractivity (Wildman–Crippen MR) is 91.0 cm³/mol. The van der Waals surface area contributed by atoms with Gasteiger partial charge in [0.25, 0.3) is 0 Å². The van der Waals surface area contributed by atoms with Crippen LogP contribution in [0.3, 0.4) is 0 Å². The zero-order valence-electron chi connectivity index (χ0n) is 14.5. The van der Waals surface area contributed by atoms with Crippen molar-refractivity contribution in [2.45, 2.75) is 46.1 Å². The van der Waals surface area contributed by atoms with Gasteiger partial charge in [-0.05, 0) is 19.3 Å². The molecule has 2 rings (SSSR count). The number of carbonyl (C=O) groups excluding carboxylic acids is 2. The molecular formula is C17H27N3O4. The SMILES string of the molecule is CC(C)(C)C(=O)Nc1cnc(C(=O)COC2CCCCOC2)cn1.[HH]. The lowest BCUT2D eigenvalue weighted by Gasteiger charge is -2.17. The van der Waals surface area contributed by atoms with Crippen LogP contribution in [0.1, 0.15) is 51.9 Å². The fourth-order valence-electron chi connectivity index (χ4n) is 2.11. The quantitative estimate of drug-likeness (QED) is 0.830. The number of nitrogens with zero attached hydrogens (tertiary/aromatic N) is 2. The number of ether oxygens (including phenoxy) is 2. The second kappa shape index (κ2) is 8.30. The van der Waals surface area contributed by atoms with Crippen molar-refractivity contribution in [3.05, 3.63) is 18.1 Å². The molecule has 0 aliphatic carbocycles. The molecule has 1 saturated heterocycles. The largest absolute Gasteiger partial charge is 0.379 e. The lowest BCUT2D eigenvalue weighted by molar-refractivity contribution is -0.123. The van der Waals surface area contributed by atoms with E-state index in [2.05, 4.69) is 15.3 Å². The fourth-order valence-corrected chi connectivity index (χ4v) is 2.11. The highest BCUT2D eigenvalue weighted by Gasteiger charge is 2.22. The number of carbonyl (C=O) groups is 2. The van der Waals surface area contributed by atoms with E-state index in [-0.39, 0.29) is 31.5 Å². The van der Waals surface area contributed by atoms with Gasteiger partial charge >= 0.3 is 0 Å². The van der Waals surface area contributed by atoms with Gasteiger partial charge in [0.15, 0.2) is 5.82 Å². The average Bonchev–Trinajstić information content (AvgIpc) is 2.81. The van der Waals surface area contributed by atoms with Crippen molar-refractivity contribution in [3.63, 3.8) is 0 Å². The van der Waals surface area contributed by atoms with Gasteiger partial charge in [0.05, 0.1) is 25.1 Å². The van der Waals surface area contributed by atoms with Crippen LogP contribution in [0.2, 0.25) is 0 Å². The van der Waals surface area contributed by atoms with Gasteiger partial charge in [-0.25, -0.2) is 9.97 Å². The average molecular weight is 337 g/mol. The van der Waals surface area contributed by atoms with Crippen molar-refractivity contribution < 1.29 is 20.5 Å². The summed E-state index contributed by atoms with van der Waals surface area (Å²) in [6, 6.07) is 0.